The van der Waals surface area contributed by atoms with Crippen LogP contribution in [0.4, 0.5) is 0 Å². The van der Waals surface area contributed by atoms with Gasteiger partial charge in [0.15, 0.2) is 11.5 Å². The summed E-state index contributed by atoms with van der Waals surface area (Å²) < 4.78 is 16.2. The molecule has 0 fully saturated rings. The van der Waals surface area contributed by atoms with Crippen LogP contribution in [0.2, 0.25) is 0 Å². The van der Waals surface area contributed by atoms with Crippen LogP contribution >= 0.6 is 11.8 Å². The minimum Gasteiger partial charge on any atom is -0.493 e. The highest BCUT2D eigenvalue weighted by atomic mass is 32.2. The fourth-order valence-electron chi connectivity index (χ4n) is 3.07. The minimum absolute atomic E-state index is 0.148. The number of aromatic nitrogens is 1. The molecule has 0 aliphatic heterocycles. The standard InChI is InChI=1S/C24H26N2O4S/c1-16(19-12-21(28-2)23(30-4)22(13-19)29-3)26-24(27)18-7-9-20(10-8-18)31-15-17-6-5-11-25-14-17/h5-14,16H,15H2,1-4H3,(H,26,27). The van der Waals surface area contributed by atoms with Crippen molar-refractivity contribution >= 4 is 17.7 Å². The van der Waals surface area contributed by atoms with Gasteiger partial charge in [0.25, 0.3) is 5.91 Å². The van der Waals surface area contributed by atoms with E-state index in [1.54, 1.807) is 39.3 Å². The van der Waals surface area contributed by atoms with Crippen molar-refractivity contribution in [2.75, 3.05) is 21.3 Å². The summed E-state index contributed by atoms with van der Waals surface area (Å²) in [6, 6.07) is 15.0. The first-order valence-corrected chi connectivity index (χ1v) is 10.8. The van der Waals surface area contributed by atoms with E-state index < -0.39 is 0 Å². The van der Waals surface area contributed by atoms with E-state index in [0.717, 1.165) is 21.8 Å². The molecule has 162 valence electrons. The van der Waals surface area contributed by atoms with Gasteiger partial charge < -0.3 is 19.5 Å². The number of amides is 1. The molecule has 7 heteroatoms. The summed E-state index contributed by atoms with van der Waals surface area (Å²) in [6.07, 6.45) is 3.63. The maximum atomic E-state index is 12.7. The number of methoxy groups -OCH3 is 3. The second-order valence-corrected chi connectivity index (χ2v) is 7.88. The zero-order chi connectivity index (χ0) is 22.2. The van der Waals surface area contributed by atoms with Crippen LogP contribution in [0, 0.1) is 0 Å². The molecule has 0 bridgehead atoms. The number of benzene rings is 2. The van der Waals surface area contributed by atoms with Crippen molar-refractivity contribution < 1.29 is 19.0 Å². The number of ether oxygens (including phenoxy) is 3. The highest BCUT2D eigenvalue weighted by Crippen LogP contribution is 2.39. The molecule has 3 rings (SSSR count). The Morgan fingerprint density at radius 1 is 1.03 bits per heavy atom. The molecule has 1 heterocycles. The molecule has 6 nitrogen and oxygen atoms in total. The molecule has 0 spiro atoms. The maximum Gasteiger partial charge on any atom is 0.251 e. The summed E-state index contributed by atoms with van der Waals surface area (Å²) in [5.41, 5.74) is 2.62. The summed E-state index contributed by atoms with van der Waals surface area (Å²) in [5, 5.41) is 3.02. The number of hydrogen-bond donors (Lipinski definition) is 1. The monoisotopic (exact) mass is 438 g/mol. The van der Waals surface area contributed by atoms with E-state index in [0.29, 0.717) is 22.8 Å². The van der Waals surface area contributed by atoms with Gasteiger partial charge in [-0.05, 0) is 60.5 Å². The van der Waals surface area contributed by atoms with Crippen LogP contribution < -0.4 is 19.5 Å². The van der Waals surface area contributed by atoms with Gasteiger partial charge in [0.05, 0.1) is 27.4 Å². The quantitative estimate of drug-likeness (QED) is 0.480. The molecule has 2 aromatic carbocycles. The SMILES string of the molecule is COc1cc(C(C)NC(=O)c2ccc(SCc3cccnc3)cc2)cc(OC)c1OC. The van der Waals surface area contributed by atoms with Crippen molar-refractivity contribution in [2.45, 2.75) is 23.6 Å². The minimum atomic E-state index is -0.249. The number of nitrogens with one attached hydrogen (secondary N) is 1. The van der Waals surface area contributed by atoms with E-state index in [-0.39, 0.29) is 11.9 Å². The van der Waals surface area contributed by atoms with Crippen LogP contribution in [0.1, 0.15) is 34.5 Å². The predicted molar refractivity (Wildman–Crippen MR) is 122 cm³/mol. The number of carbonyl (C=O) groups excluding carboxylic acids is 1. The highest BCUT2D eigenvalue weighted by Gasteiger charge is 2.18. The van der Waals surface area contributed by atoms with E-state index in [9.17, 15) is 4.79 Å². The van der Waals surface area contributed by atoms with Gasteiger partial charge in [-0.1, -0.05) is 6.07 Å². The summed E-state index contributed by atoms with van der Waals surface area (Å²) in [5.74, 6) is 2.30. The first-order chi connectivity index (χ1) is 15.0. The first-order valence-electron chi connectivity index (χ1n) is 9.78. The molecule has 31 heavy (non-hydrogen) atoms. The summed E-state index contributed by atoms with van der Waals surface area (Å²) in [4.78, 5) is 18.0. The molecule has 1 unspecified atom stereocenters. The number of carbonyl (C=O) groups is 1. The van der Waals surface area contributed by atoms with Crippen LogP contribution in [-0.4, -0.2) is 32.2 Å². The molecule has 0 radical (unpaired) electrons. The topological polar surface area (TPSA) is 69.7 Å². The molecule has 0 aliphatic carbocycles. The molecular formula is C24H26N2O4S. The predicted octanol–water partition coefficient (Wildman–Crippen LogP) is 4.89. The fourth-order valence-corrected chi connectivity index (χ4v) is 3.90. The first kappa shape index (κ1) is 22.5. The fraction of sp³-hybridized carbons (Fsp3) is 0.250. The summed E-state index contributed by atoms with van der Waals surface area (Å²) in [6.45, 7) is 1.91. The van der Waals surface area contributed by atoms with Gasteiger partial charge >= 0.3 is 0 Å². The van der Waals surface area contributed by atoms with Crippen LogP contribution in [0.25, 0.3) is 0 Å². The third kappa shape index (κ3) is 5.70. The van der Waals surface area contributed by atoms with Crippen molar-refractivity contribution in [1.82, 2.24) is 10.3 Å². The van der Waals surface area contributed by atoms with Crippen LogP contribution in [0.15, 0.2) is 65.8 Å². The summed E-state index contributed by atoms with van der Waals surface area (Å²) in [7, 11) is 4.69. The normalized spacial score (nSPS) is 11.5. The Bertz CT molecular complexity index is 985. The smallest absolute Gasteiger partial charge is 0.251 e. The summed E-state index contributed by atoms with van der Waals surface area (Å²) >= 11 is 1.70. The second-order valence-electron chi connectivity index (χ2n) is 6.83. The lowest BCUT2D eigenvalue weighted by Gasteiger charge is -2.19. The maximum absolute atomic E-state index is 12.7. The van der Waals surface area contributed by atoms with Crippen molar-refractivity contribution in [2.24, 2.45) is 0 Å². The largest absolute Gasteiger partial charge is 0.493 e. The van der Waals surface area contributed by atoms with E-state index in [1.807, 2.05) is 61.7 Å². The molecule has 1 atom stereocenters. The van der Waals surface area contributed by atoms with Gasteiger partial charge in [-0.25, -0.2) is 0 Å². The average molecular weight is 439 g/mol. The van der Waals surface area contributed by atoms with E-state index in [2.05, 4.69) is 10.3 Å². The van der Waals surface area contributed by atoms with Gasteiger partial charge in [-0.2, -0.15) is 0 Å². The lowest BCUT2D eigenvalue weighted by Crippen LogP contribution is -2.26. The van der Waals surface area contributed by atoms with E-state index in [1.165, 1.54) is 0 Å². The molecule has 1 amide bonds. The molecule has 0 saturated heterocycles. The highest BCUT2D eigenvalue weighted by molar-refractivity contribution is 7.98. The van der Waals surface area contributed by atoms with Crippen molar-refractivity contribution in [3.8, 4) is 17.2 Å². The zero-order valence-electron chi connectivity index (χ0n) is 18.0. The molecular weight excluding hydrogens is 412 g/mol. The third-order valence-corrected chi connectivity index (χ3v) is 5.86. The van der Waals surface area contributed by atoms with Crippen LogP contribution in [0.3, 0.4) is 0 Å². The second kappa shape index (κ2) is 10.7. The Morgan fingerprint density at radius 2 is 1.71 bits per heavy atom. The molecule has 3 aromatic rings. The lowest BCUT2D eigenvalue weighted by atomic mass is 10.1. The molecule has 0 saturated carbocycles. The lowest BCUT2D eigenvalue weighted by molar-refractivity contribution is 0.0939. The van der Waals surface area contributed by atoms with Gasteiger partial charge in [0, 0.05) is 28.6 Å². The number of rotatable bonds is 9. The molecule has 1 aromatic heterocycles. The van der Waals surface area contributed by atoms with Crippen LogP contribution in [-0.2, 0) is 5.75 Å². The van der Waals surface area contributed by atoms with Gasteiger partial charge in [0.2, 0.25) is 5.75 Å². The number of thioether (sulfide) groups is 1. The Kier molecular flexibility index (Phi) is 7.78. The van der Waals surface area contributed by atoms with Crippen molar-refractivity contribution in [1.29, 1.82) is 0 Å². The number of pyridine rings is 1. The Balaban J connectivity index is 1.65. The zero-order valence-corrected chi connectivity index (χ0v) is 18.9. The third-order valence-electron chi connectivity index (χ3n) is 4.78. The van der Waals surface area contributed by atoms with E-state index >= 15 is 0 Å². The Morgan fingerprint density at radius 3 is 2.26 bits per heavy atom. The van der Waals surface area contributed by atoms with Crippen molar-refractivity contribution in [3.05, 3.63) is 77.6 Å². The van der Waals surface area contributed by atoms with E-state index in [4.69, 9.17) is 14.2 Å². The molecule has 1 N–H and O–H groups in total. The van der Waals surface area contributed by atoms with Crippen molar-refractivity contribution in [3.63, 3.8) is 0 Å². The van der Waals surface area contributed by atoms with Gasteiger partial charge in [-0.3, -0.25) is 9.78 Å². The average Bonchev–Trinajstić information content (AvgIpc) is 2.82. The van der Waals surface area contributed by atoms with Crippen LogP contribution in [0.5, 0.6) is 17.2 Å². The Labute approximate surface area is 186 Å². The number of hydrogen-bond acceptors (Lipinski definition) is 6. The molecule has 0 aliphatic rings. The van der Waals surface area contributed by atoms with Gasteiger partial charge in [-0.15, -0.1) is 11.8 Å². The number of nitrogens with zero attached hydrogens (tertiary/aromatic N) is 1. The Hall–Kier alpha value is -3.19. The van der Waals surface area contributed by atoms with Gasteiger partial charge in [0.1, 0.15) is 0 Å².